The van der Waals surface area contributed by atoms with Crippen LogP contribution in [-0.2, 0) is 20.9 Å². The molecule has 0 unspecified atom stereocenters. The van der Waals surface area contributed by atoms with E-state index in [0.717, 1.165) is 4.90 Å². The average molecular weight is 342 g/mol. The molecule has 0 saturated carbocycles. The van der Waals surface area contributed by atoms with Crippen molar-refractivity contribution in [3.63, 3.8) is 0 Å². The summed E-state index contributed by atoms with van der Waals surface area (Å²) >= 11 is 0. The van der Waals surface area contributed by atoms with E-state index >= 15 is 0 Å². The molecule has 2 aliphatic heterocycles. The topological polar surface area (TPSA) is 102 Å². The number of fused-ring (bicyclic) bond motifs is 1. The van der Waals surface area contributed by atoms with Gasteiger partial charge in [-0.25, -0.2) is 14.7 Å². The number of cyclic esters (lactones) is 1. The number of nitrogens with zero attached hydrogens (tertiary/aromatic N) is 4. The quantitative estimate of drug-likeness (QED) is 0.751. The minimum Gasteiger partial charge on any atom is -0.439 e. The maximum atomic E-state index is 12.4. The molecule has 128 valence electrons. The van der Waals surface area contributed by atoms with Crippen molar-refractivity contribution in [3.8, 4) is 0 Å². The van der Waals surface area contributed by atoms with Gasteiger partial charge < -0.3 is 9.64 Å². The fraction of sp³-hybridized carbons (Fsp3) is 0.312. The fourth-order valence-corrected chi connectivity index (χ4v) is 3.00. The number of rotatable bonds is 3. The predicted molar refractivity (Wildman–Crippen MR) is 84.6 cm³/mol. The van der Waals surface area contributed by atoms with Gasteiger partial charge in [0.25, 0.3) is 11.5 Å². The number of benzene rings is 1. The average Bonchev–Trinajstić information content (AvgIpc) is 2.89. The van der Waals surface area contributed by atoms with Crippen LogP contribution < -0.4 is 5.56 Å². The maximum Gasteiger partial charge on any atom is 0.417 e. The van der Waals surface area contributed by atoms with E-state index in [4.69, 9.17) is 0 Å². The van der Waals surface area contributed by atoms with E-state index in [2.05, 4.69) is 9.72 Å². The van der Waals surface area contributed by atoms with Gasteiger partial charge in [-0.1, -0.05) is 12.1 Å². The Balaban J connectivity index is 1.44. The normalized spacial score (nSPS) is 17.8. The fourth-order valence-electron chi connectivity index (χ4n) is 3.00. The van der Waals surface area contributed by atoms with Gasteiger partial charge in [0.2, 0.25) is 5.91 Å². The third-order valence-corrected chi connectivity index (χ3v) is 4.40. The zero-order valence-corrected chi connectivity index (χ0v) is 13.1. The molecule has 0 spiro atoms. The number of carbonyl (C=O) groups is 3. The van der Waals surface area contributed by atoms with Crippen LogP contribution in [0.2, 0.25) is 0 Å². The summed E-state index contributed by atoms with van der Waals surface area (Å²) in [5.41, 5.74) is 0.292. The number of hydrogen-bond donors (Lipinski definition) is 0. The van der Waals surface area contributed by atoms with Gasteiger partial charge in [-0.3, -0.25) is 19.0 Å². The Morgan fingerprint density at radius 2 is 1.96 bits per heavy atom. The number of para-hydroxylation sites is 1. The van der Waals surface area contributed by atoms with E-state index < -0.39 is 12.0 Å². The Bertz CT molecular complexity index is 931. The lowest BCUT2D eigenvalue weighted by Crippen LogP contribution is -2.62. The molecule has 2 aromatic rings. The lowest BCUT2D eigenvalue weighted by atomic mass is 10.1. The summed E-state index contributed by atoms with van der Waals surface area (Å²) < 4.78 is 5.92. The van der Waals surface area contributed by atoms with Crippen LogP contribution >= 0.6 is 0 Å². The SMILES string of the molecule is O=C(Cn1cnc2ccccc2c1=O)N1CC(N2C(=O)COC2=O)C1. The highest BCUT2D eigenvalue weighted by molar-refractivity contribution is 5.98. The summed E-state index contributed by atoms with van der Waals surface area (Å²) in [5.74, 6) is -0.660. The third kappa shape index (κ3) is 2.53. The molecule has 0 atom stereocenters. The van der Waals surface area contributed by atoms with Crippen molar-refractivity contribution in [2.45, 2.75) is 12.6 Å². The second kappa shape index (κ2) is 5.69. The Labute approximate surface area is 141 Å². The molecule has 2 fully saturated rings. The first-order valence-corrected chi connectivity index (χ1v) is 7.75. The van der Waals surface area contributed by atoms with Crippen molar-refractivity contribution in [3.05, 3.63) is 40.9 Å². The summed E-state index contributed by atoms with van der Waals surface area (Å²) in [4.78, 5) is 54.5. The van der Waals surface area contributed by atoms with Crippen molar-refractivity contribution < 1.29 is 19.1 Å². The third-order valence-electron chi connectivity index (χ3n) is 4.40. The molecule has 0 aliphatic carbocycles. The van der Waals surface area contributed by atoms with Gasteiger partial charge >= 0.3 is 6.09 Å². The van der Waals surface area contributed by atoms with E-state index in [-0.39, 0.29) is 43.7 Å². The first kappa shape index (κ1) is 15.3. The van der Waals surface area contributed by atoms with Crippen LogP contribution in [-0.4, -0.2) is 63.0 Å². The highest BCUT2D eigenvalue weighted by atomic mass is 16.6. The minimum atomic E-state index is -0.669. The molecule has 2 aliphatic rings. The van der Waals surface area contributed by atoms with Crippen molar-refractivity contribution in [2.24, 2.45) is 0 Å². The van der Waals surface area contributed by atoms with E-state index in [0.29, 0.717) is 10.9 Å². The number of likely N-dealkylation sites (tertiary alicyclic amines) is 1. The molecule has 1 aromatic carbocycles. The zero-order chi connectivity index (χ0) is 17.6. The first-order chi connectivity index (χ1) is 12.0. The van der Waals surface area contributed by atoms with Gasteiger partial charge in [0.15, 0.2) is 6.61 Å². The van der Waals surface area contributed by atoms with Crippen LogP contribution in [0.4, 0.5) is 4.79 Å². The lowest BCUT2D eigenvalue weighted by molar-refractivity contribution is -0.142. The van der Waals surface area contributed by atoms with Crippen molar-refractivity contribution in [2.75, 3.05) is 19.7 Å². The second-order valence-corrected chi connectivity index (χ2v) is 5.97. The molecule has 1 aromatic heterocycles. The highest BCUT2D eigenvalue weighted by Gasteiger charge is 2.44. The van der Waals surface area contributed by atoms with Gasteiger partial charge in [0.1, 0.15) is 6.54 Å². The molecule has 3 amide bonds. The summed E-state index contributed by atoms with van der Waals surface area (Å²) in [7, 11) is 0. The molecule has 3 heterocycles. The predicted octanol–water partition coefficient (Wildman–Crippen LogP) is -0.414. The van der Waals surface area contributed by atoms with Gasteiger partial charge in [-0.2, -0.15) is 0 Å². The van der Waals surface area contributed by atoms with Crippen LogP contribution in [0.15, 0.2) is 35.4 Å². The van der Waals surface area contributed by atoms with Crippen LogP contribution in [0.1, 0.15) is 0 Å². The highest BCUT2D eigenvalue weighted by Crippen LogP contribution is 2.20. The van der Waals surface area contributed by atoms with Gasteiger partial charge in [0.05, 0.1) is 23.3 Å². The summed E-state index contributed by atoms with van der Waals surface area (Å²) in [6.45, 7) is 0.105. The molecular formula is C16H14N4O5. The lowest BCUT2D eigenvalue weighted by Gasteiger charge is -2.41. The van der Waals surface area contributed by atoms with Gasteiger partial charge in [-0.05, 0) is 12.1 Å². The standard InChI is InChI=1S/C16H14N4O5/c21-13(18-5-10(6-18)20-14(22)8-25-16(20)24)7-19-9-17-12-4-2-1-3-11(12)15(19)23/h1-4,9-10H,5-8H2. The number of ether oxygens (including phenoxy) is 1. The van der Waals surface area contributed by atoms with E-state index in [9.17, 15) is 19.2 Å². The van der Waals surface area contributed by atoms with E-state index in [1.54, 1.807) is 24.3 Å². The molecule has 2 saturated heterocycles. The van der Waals surface area contributed by atoms with Crippen LogP contribution in [0.5, 0.6) is 0 Å². The summed E-state index contributed by atoms with van der Waals surface area (Å²) in [6.07, 6.45) is 0.679. The number of amides is 3. The van der Waals surface area contributed by atoms with E-state index in [1.165, 1.54) is 15.8 Å². The van der Waals surface area contributed by atoms with Gasteiger partial charge in [0, 0.05) is 13.1 Å². The summed E-state index contributed by atoms with van der Waals surface area (Å²) in [6, 6.07) is 6.56. The number of imide groups is 1. The summed E-state index contributed by atoms with van der Waals surface area (Å²) in [5, 5.41) is 0.449. The molecule has 9 heteroatoms. The molecule has 25 heavy (non-hydrogen) atoms. The second-order valence-electron chi connectivity index (χ2n) is 5.97. The largest absolute Gasteiger partial charge is 0.439 e. The molecule has 0 radical (unpaired) electrons. The van der Waals surface area contributed by atoms with Gasteiger partial charge in [-0.15, -0.1) is 0 Å². The molecule has 0 bridgehead atoms. The number of hydrogen-bond acceptors (Lipinski definition) is 6. The molecular weight excluding hydrogens is 328 g/mol. The molecule has 4 rings (SSSR count). The minimum absolute atomic E-state index is 0.137. The van der Waals surface area contributed by atoms with Crippen molar-refractivity contribution >= 4 is 28.8 Å². The Morgan fingerprint density at radius 1 is 1.20 bits per heavy atom. The van der Waals surface area contributed by atoms with Crippen LogP contribution in [0.3, 0.4) is 0 Å². The number of aromatic nitrogens is 2. The Kier molecular flexibility index (Phi) is 3.48. The number of carbonyl (C=O) groups excluding carboxylic acids is 3. The zero-order valence-electron chi connectivity index (χ0n) is 13.1. The maximum absolute atomic E-state index is 12.4. The van der Waals surface area contributed by atoms with Crippen LogP contribution in [0, 0.1) is 0 Å². The Hall–Kier alpha value is -3.23. The first-order valence-electron chi connectivity index (χ1n) is 7.75. The van der Waals surface area contributed by atoms with Crippen molar-refractivity contribution in [1.29, 1.82) is 0 Å². The molecule has 0 N–H and O–H groups in total. The smallest absolute Gasteiger partial charge is 0.417 e. The van der Waals surface area contributed by atoms with Crippen LogP contribution in [0.25, 0.3) is 10.9 Å². The van der Waals surface area contributed by atoms with E-state index in [1.807, 2.05) is 0 Å². The molecule has 9 nitrogen and oxygen atoms in total. The van der Waals surface area contributed by atoms with Crippen molar-refractivity contribution in [1.82, 2.24) is 19.4 Å². The monoisotopic (exact) mass is 342 g/mol. The Morgan fingerprint density at radius 3 is 2.68 bits per heavy atom.